The molecule has 0 aliphatic rings. The number of carbonyl (C=O) groups is 1. The largest absolute Gasteiger partial charge is 0.494 e. The number of carbonyl (C=O) groups excluding carboxylic acids is 1. The Labute approximate surface area is 193 Å². The molecule has 2 heterocycles. The molecular formula is C22H31N7O2S. The first-order valence-electron chi connectivity index (χ1n) is 11.0. The van der Waals surface area contributed by atoms with Gasteiger partial charge >= 0.3 is 0 Å². The van der Waals surface area contributed by atoms with E-state index in [-0.39, 0.29) is 12.3 Å². The number of aromatic nitrogens is 5. The summed E-state index contributed by atoms with van der Waals surface area (Å²) in [4.78, 5) is 14.8. The maximum absolute atomic E-state index is 12.5. The first-order chi connectivity index (χ1) is 15.5. The molecule has 0 unspecified atom stereocenters. The van der Waals surface area contributed by atoms with Crippen LogP contribution in [0.2, 0.25) is 0 Å². The van der Waals surface area contributed by atoms with Crippen molar-refractivity contribution in [3.8, 4) is 17.1 Å². The van der Waals surface area contributed by atoms with Gasteiger partial charge in [0.2, 0.25) is 5.91 Å². The Kier molecular flexibility index (Phi) is 8.57. The third kappa shape index (κ3) is 6.27. The number of rotatable bonds is 12. The molecule has 0 saturated carbocycles. The minimum atomic E-state index is -0.103. The minimum Gasteiger partial charge on any atom is -0.494 e. The molecule has 1 amide bonds. The molecule has 0 atom stereocenters. The molecule has 32 heavy (non-hydrogen) atoms. The number of amides is 1. The molecule has 0 fully saturated rings. The van der Waals surface area contributed by atoms with Crippen LogP contribution in [0.25, 0.3) is 11.4 Å². The van der Waals surface area contributed by atoms with Crippen molar-refractivity contribution in [1.29, 1.82) is 0 Å². The van der Waals surface area contributed by atoms with Crippen molar-refractivity contribution in [2.45, 2.75) is 40.3 Å². The number of ether oxygens (including phenoxy) is 1. The van der Waals surface area contributed by atoms with Gasteiger partial charge in [0.05, 0.1) is 25.0 Å². The predicted octanol–water partition coefficient (Wildman–Crippen LogP) is 3.57. The zero-order chi connectivity index (χ0) is 22.9. The molecule has 0 spiro atoms. The maximum atomic E-state index is 12.5. The summed E-state index contributed by atoms with van der Waals surface area (Å²) in [7, 11) is 0. The number of aromatic amines is 1. The molecule has 2 aromatic heterocycles. The van der Waals surface area contributed by atoms with Gasteiger partial charge in [0.1, 0.15) is 5.75 Å². The molecule has 0 aliphatic heterocycles. The number of hydrogen-bond donors (Lipinski definition) is 2. The van der Waals surface area contributed by atoms with E-state index in [1.54, 1.807) is 6.20 Å². The molecule has 0 saturated heterocycles. The molecule has 2 N–H and O–H groups in total. The van der Waals surface area contributed by atoms with E-state index in [1.807, 2.05) is 46.6 Å². The maximum Gasteiger partial charge on any atom is 0.226 e. The van der Waals surface area contributed by atoms with Crippen LogP contribution < -0.4 is 10.1 Å². The van der Waals surface area contributed by atoms with Gasteiger partial charge in [-0.3, -0.25) is 19.1 Å². The molecule has 3 aromatic rings. The SMILES string of the molecule is CCOc1ccc(-c2n[nH]c(=S)n2CCC(=O)Nc2cnn(CCN(CC)CC)c2)cc1. The highest BCUT2D eigenvalue weighted by Gasteiger charge is 2.12. The second-order valence-corrected chi connectivity index (χ2v) is 7.67. The third-order valence-corrected chi connectivity index (χ3v) is 5.51. The highest BCUT2D eigenvalue weighted by molar-refractivity contribution is 7.71. The van der Waals surface area contributed by atoms with Crippen molar-refractivity contribution in [1.82, 2.24) is 29.4 Å². The van der Waals surface area contributed by atoms with Gasteiger partial charge in [0.25, 0.3) is 0 Å². The Balaban J connectivity index is 1.57. The Morgan fingerprint density at radius 2 is 1.94 bits per heavy atom. The first kappa shape index (κ1) is 23.7. The third-order valence-electron chi connectivity index (χ3n) is 5.20. The summed E-state index contributed by atoms with van der Waals surface area (Å²) in [6, 6.07) is 7.65. The van der Waals surface area contributed by atoms with Crippen LogP contribution in [0.3, 0.4) is 0 Å². The van der Waals surface area contributed by atoms with Crippen LogP contribution in [0.4, 0.5) is 5.69 Å². The Morgan fingerprint density at radius 1 is 1.19 bits per heavy atom. The van der Waals surface area contributed by atoms with E-state index in [2.05, 4.69) is 39.4 Å². The minimum absolute atomic E-state index is 0.103. The van der Waals surface area contributed by atoms with Crippen LogP contribution in [0.5, 0.6) is 5.75 Å². The van der Waals surface area contributed by atoms with E-state index < -0.39 is 0 Å². The van der Waals surface area contributed by atoms with Gasteiger partial charge in [-0.15, -0.1) is 0 Å². The van der Waals surface area contributed by atoms with Gasteiger partial charge in [-0.25, -0.2) is 0 Å². The smallest absolute Gasteiger partial charge is 0.226 e. The second kappa shape index (κ2) is 11.6. The van der Waals surface area contributed by atoms with Crippen LogP contribution in [0.1, 0.15) is 27.2 Å². The summed E-state index contributed by atoms with van der Waals surface area (Å²) in [6.07, 6.45) is 3.80. The zero-order valence-electron chi connectivity index (χ0n) is 18.9. The molecule has 1 aromatic carbocycles. The average molecular weight is 458 g/mol. The quantitative estimate of drug-likeness (QED) is 0.404. The summed E-state index contributed by atoms with van der Waals surface area (Å²) in [5, 5.41) is 14.4. The van der Waals surface area contributed by atoms with E-state index in [1.165, 1.54) is 0 Å². The van der Waals surface area contributed by atoms with Crippen molar-refractivity contribution in [2.24, 2.45) is 0 Å². The standard InChI is InChI=1S/C22H31N7O2S/c1-4-27(5-2)13-14-28-16-18(15-23-28)24-20(30)11-12-29-21(25-26-22(29)32)17-7-9-19(10-8-17)31-6-3/h7-10,15-16H,4-6,11-14H2,1-3H3,(H,24,30)(H,26,32). The summed E-state index contributed by atoms with van der Waals surface area (Å²) >= 11 is 5.37. The molecule has 0 bridgehead atoms. The number of H-pyrrole nitrogens is 1. The monoisotopic (exact) mass is 457 g/mol. The fourth-order valence-corrected chi connectivity index (χ4v) is 3.61. The van der Waals surface area contributed by atoms with Crippen molar-refractivity contribution >= 4 is 23.8 Å². The predicted molar refractivity (Wildman–Crippen MR) is 127 cm³/mol. The molecule has 9 nitrogen and oxygen atoms in total. The molecule has 172 valence electrons. The summed E-state index contributed by atoms with van der Waals surface area (Å²) in [5.41, 5.74) is 1.59. The lowest BCUT2D eigenvalue weighted by Crippen LogP contribution is -2.27. The Morgan fingerprint density at radius 3 is 2.62 bits per heavy atom. The van der Waals surface area contributed by atoms with Gasteiger partial charge in [0.15, 0.2) is 10.6 Å². The van der Waals surface area contributed by atoms with Crippen molar-refractivity contribution in [3.63, 3.8) is 0 Å². The molecule has 0 radical (unpaired) electrons. The number of nitrogens with one attached hydrogen (secondary N) is 2. The number of hydrogen-bond acceptors (Lipinski definition) is 6. The van der Waals surface area contributed by atoms with Crippen LogP contribution in [-0.4, -0.2) is 61.6 Å². The fraction of sp³-hybridized carbons (Fsp3) is 0.455. The van der Waals surface area contributed by atoms with E-state index >= 15 is 0 Å². The van der Waals surface area contributed by atoms with E-state index in [0.29, 0.717) is 29.4 Å². The number of nitrogens with zero attached hydrogens (tertiary/aromatic N) is 5. The average Bonchev–Trinajstić information content (AvgIpc) is 3.40. The van der Waals surface area contributed by atoms with Crippen LogP contribution >= 0.6 is 12.2 Å². The van der Waals surface area contributed by atoms with Gasteiger partial charge in [-0.1, -0.05) is 13.8 Å². The lowest BCUT2D eigenvalue weighted by atomic mass is 10.2. The second-order valence-electron chi connectivity index (χ2n) is 7.28. The molecular weight excluding hydrogens is 426 g/mol. The first-order valence-corrected chi connectivity index (χ1v) is 11.4. The Bertz CT molecular complexity index is 1050. The van der Waals surface area contributed by atoms with Crippen LogP contribution in [0, 0.1) is 4.77 Å². The van der Waals surface area contributed by atoms with Crippen LogP contribution in [0.15, 0.2) is 36.7 Å². The number of likely N-dealkylation sites (N-methyl/N-ethyl adjacent to an activating group) is 1. The van der Waals surface area contributed by atoms with Gasteiger partial charge < -0.3 is 15.0 Å². The van der Waals surface area contributed by atoms with Gasteiger partial charge in [-0.05, 0) is 56.5 Å². The Hall–Kier alpha value is -2.98. The molecule has 10 heteroatoms. The van der Waals surface area contributed by atoms with Crippen molar-refractivity contribution in [2.75, 3.05) is 31.6 Å². The molecule has 3 rings (SSSR count). The normalized spacial score (nSPS) is 11.1. The van der Waals surface area contributed by atoms with Gasteiger partial charge in [0, 0.05) is 31.3 Å². The summed E-state index contributed by atoms with van der Waals surface area (Å²) in [5.74, 6) is 1.39. The summed E-state index contributed by atoms with van der Waals surface area (Å²) < 4.78 is 9.65. The highest BCUT2D eigenvalue weighted by atomic mass is 32.1. The van der Waals surface area contributed by atoms with Crippen molar-refractivity contribution < 1.29 is 9.53 Å². The van der Waals surface area contributed by atoms with E-state index in [9.17, 15) is 4.79 Å². The number of anilines is 1. The van der Waals surface area contributed by atoms with Crippen LogP contribution in [-0.2, 0) is 17.9 Å². The molecule has 0 aliphatic carbocycles. The topological polar surface area (TPSA) is 93.0 Å². The zero-order valence-corrected chi connectivity index (χ0v) is 19.7. The van der Waals surface area contributed by atoms with E-state index in [0.717, 1.165) is 37.5 Å². The summed E-state index contributed by atoms with van der Waals surface area (Å²) in [6.45, 7) is 11.0. The lowest BCUT2D eigenvalue weighted by Gasteiger charge is -2.17. The lowest BCUT2D eigenvalue weighted by molar-refractivity contribution is -0.116. The van der Waals surface area contributed by atoms with Gasteiger partial charge in [-0.2, -0.15) is 10.2 Å². The van der Waals surface area contributed by atoms with Crippen molar-refractivity contribution in [3.05, 3.63) is 41.4 Å². The number of benzene rings is 1. The van der Waals surface area contributed by atoms with E-state index in [4.69, 9.17) is 17.0 Å². The highest BCUT2D eigenvalue weighted by Crippen LogP contribution is 2.21. The fourth-order valence-electron chi connectivity index (χ4n) is 3.38.